The van der Waals surface area contributed by atoms with Gasteiger partial charge < -0.3 is 5.11 Å². The molecule has 1 heterocycles. The zero-order chi connectivity index (χ0) is 25.3. The van der Waals surface area contributed by atoms with Crippen LogP contribution in [0, 0.1) is 21.3 Å². The van der Waals surface area contributed by atoms with Crippen LogP contribution >= 0.6 is 22.6 Å². The fourth-order valence-corrected chi connectivity index (χ4v) is 6.61. The lowest BCUT2D eigenvalue weighted by Gasteiger charge is -2.42. The van der Waals surface area contributed by atoms with Crippen LogP contribution in [0.1, 0.15) is 31.2 Å². The average Bonchev–Trinajstić information content (AvgIpc) is 3.12. The van der Waals surface area contributed by atoms with Gasteiger partial charge in [-0.05, 0) is 96.3 Å². The number of hydrogen-bond donors (Lipinski definition) is 1. The SMILES string of the molecule is CC1=CC(=O)C2=C(C1=O)C(c1ccc(O)cc1)C1=CCC3C(=O)N(c4ccc(I)cc4)C(=O)C3C1C2. The van der Waals surface area contributed by atoms with Gasteiger partial charge in [0.05, 0.1) is 17.5 Å². The van der Waals surface area contributed by atoms with Crippen LogP contribution in [0.2, 0.25) is 0 Å². The van der Waals surface area contributed by atoms with Crippen LogP contribution in [0.25, 0.3) is 0 Å². The smallest absolute Gasteiger partial charge is 0.238 e. The number of phenolic OH excluding ortho intramolecular Hbond substituents is 1. The average molecular weight is 591 g/mol. The predicted octanol–water partition coefficient (Wildman–Crippen LogP) is 4.63. The summed E-state index contributed by atoms with van der Waals surface area (Å²) in [6.07, 6.45) is 4.03. The van der Waals surface area contributed by atoms with Crippen LogP contribution in [0.4, 0.5) is 5.69 Å². The fraction of sp³-hybridized carbons (Fsp3) is 0.241. The van der Waals surface area contributed by atoms with Gasteiger partial charge in [-0.3, -0.25) is 24.1 Å². The summed E-state index contributed by atoms with van der Waals surface area (Å²) in [5.74, 6) is -2.71. The van der Waals surface area contributed by atoms with Crippen LogP contribution in [0.5, 0.6) is 5.75 Å². The van der Waals surface area contributed by atoms with Gasteiger partial charge in [0.15, 0.2) is 11.6 Å². The third-order valence-electron chi connectivity index (χ3n) is 7.88. The predicted molar refractivity (Wildman–Crippen MR) is 141 cm³/mol. The van der Waals surface area contributed by atoms with Crippen LogP contribution in [-0.4, -0.2) is 28.5 Å². The largest absolute Gasteiger partial charge is 0.508 e. The molecule has 4 unspecified atom stereocenters. The molecule has 1 saturated heterocycles. The highest BCUT2D eigenvalue weighted by molar-refractivity contribution is 14.1. The molecule has 3 aliphatic carbocycles. The first-order valence-electron chi connectivity index (χ1n) is 11.9. The monoisotopic (exact) mass is 591 g/mol. The maximum atomic E-state index is 13.8. The summed E-state index contributed by atoms with van der Waals surface area (Å²) in [7, 11) is 0. The summed E-state index contributed by atoms with van der Waals surface area (Å²) in [6.45, 7) is 1.65. The Balaban J connectivity index is 1.48. The van der Waals surface area contributed by atoms with E-state index in [9.17, 15) is 24.3 Å². The van der Waals surface area contributed by atoms with Crippen molar-refractivity contribution in [1.29, 1.82) is 0 Å². The molecule has 6 nitrogen and oxygen atoms in total. The molecule has 4 atom stereocenters. The van der Waals surface area contributed by atoms with Crippen molar-refractivity contribution in [3.8, 4) is 5.75 Å². The molecule has 2 amide bonds. The number of rotatable bonds is 2. The number of aromatic hydroxyl groups is 1. The molecular weight excluding hydrogens is 569 g/mol. The van der Waals surface area contributed by atoms with E-state index in [0.29, 0.717) is 28.8 Å². The summed E-state index contributed by atoms with van der Waals surface area (Å²) in [4.78, 5) is 55.0. The van der Waals surface area contributed by atoms with E-state index in [1.54, 1.807) is 43.3 Å². The van der Waals surface area contributed by atoms with Crippen LogP contribution < -0.4 is 4.90 Å². The van der Waals surface area contributed by atoms with E-state index in [-0.39, 0.29) is 41.5 Å². The Hall–Kier alpha value is -3.33. The number of ketones is 2. The highest BCUT2D eigenvalue weighted by Crippen LogP contribution is 2.55. The van der Waals surface area contributed by atoms with E-state index < -0.39 is 17.8 Å². The standard InChI is InChI=1S/C29H22INO5/c1-14-12-23(33)22-13-21-19(24(26(22)27(14)34)15-2-8-18(32)9-3-15)10-11-20-25(21)29(36)31(28(20)35)17-6-4-16(30)5-7-17/h2-10,12,20-21,24-25,32H,11,13H2,1H3. The summed E-state index contributed by atoms with van der Waals surface area (Å²) in [5.41, 5.74) is 3.51. The van der Waals surface area contributed by atoms with E-state index in [1.807, 2.05) is 18.2 Å². The number of phenols is 1. The van der Waals surface area contributed by atoms with Crippen molar-refractivity contribution in [2.75, 3.05) is 4.90 Å². The summed E-state index contributed by atoms with van der Waals surface area (Å²) in [6, 6.07) is 13.9. The van der Waals surface area contributed by atoms with Crippen molar-refractivity contribution in [2.45, 2.75) is 25.7 Å². The maximum Gasteiger partial charge on any atom is 0.238 e. The number of Topliss-reactive ketones (excluding diaryl/α,β-unsaturated/α-hetero) is 1. The Morgan fingerprint density at radius 1 is 0.917 bits per heavy atom. The highest BCUT2D eigenvalue weighted by atomic mass is 127. The third kappa shape index (κ3) is 3.36. The van der Waals surface area contributed by atoms with Crippen molar-refractivity contribution >= 4 is 51.7 Å². The number of carbonyl (C=O) groups is 4. The highest BCUT2D eigenvalue weighted by Gasteiger charge is 2.56. The van der Waals surface area contributed by atoms with Crippen LogP contribution in [0.15, 0.2) is 83.0 Å². The van der Waals surface area contributed by atoms with E-state index in [4.69, 9.17) is 0 Å². The zero-order valence-electron chi connectivity index (χ0n) is 19.4. The Labute approximate surface area is 221 Å². The minimum absolute atomic E-state index is 0.102. The fourth-order valence-electron chi connectivity index (χ4n) is 6.25. The Morgan fingerprint density at radius 3 is 2.31 bits per heavy atom. The Morgan fingerprint density at radius 2 is 1.61 bits per heavy atom. The van der Waals surface area contributed by atoms with E-state index in [1.165, 1.54) is 11.0 Å². The van der Waals surface area contributed by atoms with E-state index in [2.05, 4.69) is 22.6 Å². The molecule has 0 spiro atoms. The molecule has 0 bridgehead atoms. The van der Waals surface area contributed by atoms with E-state index >= 15 is 0 Å². The first kappa shape index (κ1) is 23.1. The second-order valence-corrected chi connectivity index (χ2v) is 11.1. The summed E-state index contributed by atoms with van der Waals surface area (Å²) >= 11 is 2.18. The van der Waals surface area contributed by atoms with Gasteiger partial charge in [0, 0.05) is 26.2 Å². The number of hydrogen-bond acceptors (Lipinski definition) is 5. The molecule has 0 aromatic heterocycles. The molecule has 1 fully saturated rings. The first-order valence-corrected chi connectivity index (χ1v) is 13.0. The summed E-state index contributed by atoms with van der Waals surface area (Å²) in [5, 5.41) is 9.85. The van der Waals surface area contributed by atoms with Gasteiger partial charge in [-0.15, -0.1) is 0 Å². The zero-order valence-corrected chi connectivity index (χ0v) is 21.6. The molecule has 7 heteroatoms. The lowest BCUT2D eigenvalue weighted by atomic mass is 9.59. The minimum atomic E-state index is -0.597. The molecule has 4 aliphatic rings. The molecule has 180 valence electrons. The number of fused-ring (bicyclic) bond motifs is 3. The van der Waals surface area contributed by atoms with Crippen molar-refractivity contribution in [1.82, 2.24) is 0 Å². The molecular formula is C29H22INO5. The quantitative estimate of drug-likeness (QED) is 0.238. The second kappa shape index (κ2) is 8.37. The molecule has 6 rings (SSSR count). The van der Waals surface area contributed by atoms with Gasteiger partial charge in [-0.25, -0.2) is 0 Å². The summed E-state index contributed by atoms with van der Waals surface area (Å²) < 4.78 is 1.00. The van der Waals surface area contributed by atoms with Crippen molar-refractivity contribution in [3.63, 3.8) is 0 Å². The molecule has 36 heavy (non-hydrogen) atoms. The number of imide groups is 1. The van der Waals surface area contributed by atoms with Gasteiger partial charge >= 0.3 is 0 Å². The minimum Gasteiger partial charge on any atom is -0.508 e. The van der Waals surface area contributed by atoms with Crippen molar-refractivity contribution in [3.05, 3.63) is 92.1 Å². The number of carbonyl (C=O) groups excluding carboxylic acids is 4. The van der Waals surface area contributed by atoms with Crippen molar-refractivity contribution < 1.29 is 24.3 Å². The van der Waals surface area contributed by atoms with Crippen LogP contribution in [0.3, 0.4) is 0 Å². The Bertz CT molecular complexity index is 1450. The molecule has 0 saturated carbocycles. The van der Waals surface area contributed by atoms with Gasteiger partial charge in [-0.1, -0.05) is 23.8 Å². The maximum absolute atomic E-state index is 13.8. The number of anilines is 1. The van der Waals surface area contributed by atoms with Crippen LogP contribution in [-0.2, 0) is 19.2 Å². The number of amides is 2. The van der Waals surface area contributed by atoms with Gasteiger partial charge in [0.1, 0.15) is 5.75 Å². The normalized spacial score (nSPS) is 27.4. The second-order valence-electron chi connectivity index (χ2n) is 9.81. The third-order valence-corrected chi connectivity index (χ3v) is 8.60. The van der Waals surface area contributed by atoms with Crippen molar-refractivity contribution in [2.24, 2.45) is 17.8 Å². The molecule has 2 aromatic carbocycles. The number of nitrogens with zero attached hydrogens (tertiary/aromatic N) is 1. The topological polar surface area (TPSA) is 91.8 Å². The van der Waals surface area contributed by atoms with E-state index in [0.717, 1.165) is 14.7 Å². The lowest BCUT2D eigenvalue weighted by molar-refractivity contribution is -0.123. The number of allylic oxidation sites excluding steroid dienone is 6. The number of halogens is 1. The Kier molecular flexibility index (Phi) is 5.37. The lowest BCUT2D eigenvalue weighted by Crippen LogP contribution is -2.39. The first-order chi connectivity index (χ1) is 17.3. The number of benzene rings is 2. The molecule has 2 aromatic rings. The molecule has 1 N–H and O–H groups in total. The molecule has 0 radical (unpaired) electrons. The molecule has 1 aliphatic heterocycles. The van der Waals surface area contributed by atoms with Gasteiger partial charge in [0.2, 0.25) is 11.8 Å². The van der Waals surface area contributed by atoms with Gasteiger partial charge in [0.25, 0.3) is 0 Å². The van der Waals surface area contributed by atoms with Gasteiger partial charge in [-0.2, -0.15) is 0 Å².